The van der Waals surface area contributed by atoms with Crippen molar-refractivity contribution in [2.45, 2.75) is 58.9 Å². The Kier molecular flexibility index (Phi) is 6.82. The van der Waals surface area contributed by atoms with E-state index >= 15 is 0 Å². The number of aliphatic imine (C=N–C) groups is 1. The van der Waals surface area contributed by atoms with E-state index in [1.165, 1.54) is 30.4 Å². The molecule has 0 amide bonds. The first kappa shape index (κ1) is 20.8. The van der Waals surface area contributed by atoms with Crippen LogP contribution < -0.4 is 5.73 Å². The van der Waals surface area contributed by atoms with Crippen molar-refractivity contribution in [3.8, 4) is 23.0 Å². The van der Waals surface area contributed by atoms with Gasteiger partial charge in [-0.3, -0.25) is 9.98 Å². The second kappa shape index (κ2) is 9.52. The summed E-state index contributed by atoms with van der Waals surface area (Å²) < 4.78 is 0. The molecule has 29 heavy (non-hydrogen) atoms. The molecule has 1 fully saturated rings. The van der Waals surface area contributed by atoms with Crippen LogP contribution in [0.25, 0.3) is 11.1 Å². The van der Waals surface area contributed by atoms with E-state index in [1.807, 2.05) is 13.1 Å². The SMILES string of the molecule is CC#Cc1cncc(-c2ccc(C)c(C(/N=C(/N)C(C)=N)C3CCCCC3)c2)c1. The lowest BCUT2D eigenvalue weighted by atomic mass is 9.79. The highest BCUT2D eigenvalue weighted by atomic mass is 14.9. The van der Waals surface area contributed by atoms with Crippen molar-refractivity contribution >= 4 is 11.5 Å². The summed E-state index contributed by atoms with van der Waals surface area (Å²) in [5.74, 6) is 6.82. The van der Waals surface area contributed by atoms with Crippen molar-refractivity contribution in [2.75, 3.05) is 0 Å². The van der Waals surface area contributed by atoms with Crippen LogP contribution in [0.4, 0.5) is 0 Å². The smallest absolute Gasteiger partial charge is 0.139 e. The van der Waals surface area contributed by atoms with Crippen LogP contribution in [0.5, 0.6) is 0 Å². The lowest BCUT2D eigenvalue weighted by Crippen LogP contribution is -2.24. The maximum atomic E-state index is 7.89. The van der Waals surface area contributed by atoms with E-state index in [2.05, 4.69) is 48.0 Å². The Morgan fingerprint density at radius 3 is 2.62 bits per heavy atom. The van der Waals surface area contributed by atoms with E-state index in [1.54, 1.807) is 13.1 Å². The number of pyridine rings is 1. The van der Waals surface area contributed by atoms with E-state index in [-0.39, 0.29) is 6.04 Å². The molecule has 1 atom stereocenters. The van der Waals surface area contributed by atoms with Crippen LogP contribution in [0.3, 0.4) is 0 Å². The third-order valence-electron chi connectivity index (χ3n) is 5.70. The lowest BCUT2D eigenvalue weighted by molar-refractivity contribution is 0.309. The van der Waals surface area contributed by atoms with E-state index in [4.69, 9.17) is 16.1 Å². The predicted octanol–water partition coefficient (Wildman–Crippen LogP) is 5.45. The molecule has 1 heterocycles. The first-order valence-corrected chi connectivity index (χ1v) is 10.4. The van der Waals surface area contributed by atoms with Crippen molar-refractivity contribution in [3.63, 3.8) is 0 Å². The highest BCUT2D eigenvalue weighted by molar-refractivity contribution is 6.38. The molecule has 3 N–H and O–H groups in total. The van der Waals surface area contributed by atoms with Crippen molar-refractivity contribution in [1.82, 2.24) is 4.98 Å². The highest BCUT2D eigenvalue weighted by Crippen LogP contribution is 2.39. The number of rotatable bonds is 5. The fraction of sp³-hybridized carbons (Fsp3) is 0.400. The topological polar surface area (TPSA) is 75.1 Å². The average molecular weight is 387 g/mol. The van der Waals surface area contributed by atoms with Gasteiger partial charge in [-0.25, -0.2) is 0 Å². The average Bonchev–Trinajstić information content (AvgIpc) is 2.73. The first-order chi connectivity index (χ1) is 14.0. The van der Waals surface area contributed by atoms with Gasteiger partial charge in [-0.15, -0.1) is 5.92 Å². The Morgan fingerprint density at radius 2 is 1.93 bits per heavy atom. The second-order valence-electron chi connectivity index (χ2n) is 7.89. The summed E-state index contributed by atoms with van der Waals surface area (Å²) >= 11 is 0. The third-order valence-corrected chi connectivity index (χ3v) is 5.70. The molecule has 0 aliphatic heterocycles. The van der Waals surface area contributed by atoms with Crippen molar-refractivity contribution in [2.24, 2.45) is 16.6 Å². The van der Waals surface area contributed by atoms with Crippen LogP contribution in [0, 0.1) is 30.1 Å². The molecule has 1 aromatic heterocycles. The Balaban J connectivity index is 2.06. The monoisotopic (exact) mass is 386 g/mol. The van der Waals surface area contributed by atoms with Gasteiger partial charge >= 0.3 is 0 Å². The summed E-state index contributed by atoms with van der Waals surface area (Å²) in [6.07, 6.45) is 9.75. The fourth-order valence-electron chi connectivity index (χ4n) is 4.07. The molecule has 3 rings (SSSR count). The van der Waals surface area contributed by atoms with Crippen LogP contribution >= 0.6 is 0 Å². The fourth-order valence-corrected chi connectivity index (χ4v) is 4.07. The van der Waals surface area contributed by atoms with Crippen molar-refractivity contribution < 1.29 is 0 Å². The molecule has 0 spiro atoms. The third kappa shape index (κ3) is 5.12. The molecule has 0 saturated heterocycles. The summed E-state index contributed by atoms with van der Waals surface area (Å²) in [7, 11) is 0. The number of hydrogen-bond acceptors (Lipinski definition) is 3. The quantitative estimate of drug-likeness (QED) is 0.407. The number of aromatic nitrogens is 1. The van der Waals surface area contributed by atoms with Gasteiger partial charge in [-0.05, 0) is 68.4 Å². The molecule has 2 aromatic rings. The number of nitrogens with one attached hydrogen (secondary N) is 1. The maximum absolute atomic E-state index is 7.89. The minimum absolute atomic E-state index is 0.0119. The van der Waals surface area contributed by atoms with Gasteiger partial charge in [0.2, 0.25) is 0 Å². The number of benzene rings is 1. The van der Waals surface area contributed by atoms with Gasteiger partial charge in [0.05, 0.1) is 11.8 Å². The Morgan fingerprint density at radius 1 is 1.17 bits per heavy atom. The standard InChI is InChI=1S/C25H30N4/c1-4-8-19-13-22(16-28-15-19)21-12-11-17(2)23(14-21)24(29-25(27)18(3)26)20-9-6-5-7-10-20/h11-16,20,24,26H,5-7,9-10H2,1-3H3,(H2,27,29). The number of nitrogens with two attached hydrogens (primary N) is 1. The zero-order valence-corrected chi connectivity index (χ0v) is 17.6. The molecule has 0 bridgehead atoms. The van der Waals surface area contributed by atoms with Crippen LogP contribution in [0.15, 0.2) is 41.7 Å². The number of amidine groups is 1. The van der Waals surface area contributed by atoms with Crippen LogP contribution in [0.1, 0.15) is 68.7 Å². The summed E-state index contributed by atoms with van der Waals surface area (Å²) in [6, 6.07) is 8.58. The minimum atomic E-state index is -0.0119. The molecule has 4 heteroatoms. The van der Waals surface area contributed by atoms with Gasteiger partial charge in [0.25, 0.3) is 0 Å². The molecule has 4 nitrogen and oxygen atoms in total. The normalized spacial score (nSPS) is 16.0. The second-order valence-corrected chi connectivity index (χ2v) is 7.89. The van der Waals surface area contributed by atoms with E-state index in [0.29, 0.717) is 17.5 Å². The number of hydrogen-bond donors (Lipinski definition) is 2. The van der Waals surface area contributed by atoms with Crippen LogP contribution in [-0.2, 0) is 0 Å². The van der Waals surface area contributed by atoms with Crippen molar-refractivity contribution in [1.29, 1.82) is 5.41 Å². The summed E-state index contributed by atoms with van der Waals surface area (Å²) in [4.78, 5) is 9.20. The van der Waals surface area contributed by atoms with E-state index < -0.39 is 0 Å². The molecule has 1 saturated carbocycles. The molecular formula is C25H30N4. The molecule has 1 unspecified atom stereocenters. The zero-order valence-electron chi connectivity index (χ0n) is 17.6. The molecule has 0 radical (unpaired) electrons. The van der Waals surface area contributed by atoms with Crippen molar-refractivity contribution in [3.05, 3.63) is 53.3 Å². The maximum Gasteiger partial charge on any atom is 0.139 e. The summed E-state index contributed by atoms with van der Waals surface area (Å²) in [5, 5.41) is 7.89. The molecular weight excluding hydrogens is 356 g/mol. The largest absolute Gasteiger partial charge is 0.382 e. The van der Waals surface area contributed by atoms with Gasteiger partial charge < -0.3 is 11.1 Å². The molecule has 1 aliphatic rings. The molecule has 150 valence electrons. The van der Waals surface area contributed by atoms with Gasteiger partial charge in [0.1, 0.15) is 5.84 Å². The Bertz CT molecular complexity index is 972. The van der Waals surface area contributed by atoms with Gasteiger partial charge in [-0.1, -0.05) is 37.3 Å². The number of aryl methyl sites for hydroxylation is 1. The lowest BCUT2D eigenvalue weighted by Gasteiger charge is -2.29. The Hall–Kier alpha value is -2.93. The molecule has 1 aliphatic carbocycles. The zero-order chi connectivity index (χ0) is 20.8. The summed E-state index contributed by atoms with van der Waals surface area (Å²) in [5.41, 5.74) is 11.9. The van der Waals surface area contributed by atoms with E-state index in [9.17, 15) is 0 Å². The highest BCUT2D eigenvalue weighted by Gasteiger charge is 2.26. The van der Waals surface area contributed by atoms with Crippen LogP contribution in [-0.4, -0.2) is 16.5 Å². The van der Waals surface area contributed by atoms with Gasteiger partial charge in [0.15, 0.2) is 0 Å². The van der Waals surface area contributed by atoms with E-state index in [0.717, 1.165) is 29.5 Å². The molecule has 1 aromatic carbocycles. The first-order valence-electron chi connectivity index (χ1n) is 10.4. The van der Waals surface area contributed by atoms with Crippen LogP contribution in [0.2, 0.25) is 0 Å². The predicted molar refractivity (Wildman–Crippen MR) is 121 cm³/mol. The summed E-state index contributed by atoms with van der Waals surface area (Å²) in [6.45, 7) is 5.67. The number of nitrogens with zero attached hydrogens (tertiary/aromatic N) is 2. The van der Waals surface area contributed by atoms with Gasteiger partial charge in [0, 0.05) is 23.5 Å². The Labute approximate surface area is 174 Å². The van der Waals surface area contributed by atoms with Gasteiger partial charge in [-0.2, -0.15) is 0 Å². The minimum Gasteiger partial charge on any atom is -0.382 e.